The van der Waals surface area contributed by atoms with Crippen molar-refractivity contribution < 1.29 is 14.6 Å². The van der Waals surface area contributed by atoms with Crippen molar-refractivity contribution in [1.82, 2.24) is 0 Å². The highest BCUT2D eigenvalue weighted by Crippen LogP contribution is 2.05. The van der Waals surface area contributed by atoms with E-state index in [0.717, 1.165) is 12.8 Å². The Kier molecular flexibility index (Phi) is 15.7. The monoisotopic (exact) mass is 214 g/mol. The van der Waals surface area contributed by atoms with Crippen LogP contribution in [0.4, 0.5) is 0 Å². The second kappa shape index (κ2) is 13.2. The molecule has 82 valence electrons. The Bertz CT molecular complexity index is 129. The molecule has 0 unspecified atom stereocenters. The summed E-state index contributed by atoms with van der Waals surface area (Å²) in [6.45, 7) is 4.37. The van der Waals surface area contributed by atoms with Gasteiger partial charge < -0.3 is 0 Å². The van der Waals surface area contributed by atoms with E-state index in [9.17, 15) is 4.79 Å². The maximum atomic E-state index is 10.9. The first-order valence-corrected chi connectivity index (χ1v) is 5.13. The van der Waals surface area contributed by atoms with Gasteiger partial charge in [-0.2, -0.15) is 4.89 Å². The summed E-state index contributed by atoms with van der Waals surface area (Å²) in [5, 5.41) is 0. The van der Waals surface area contributed by atoms with Crippen LogP contribution >= 0.6 is 0 Å². The zero-order valence-electron chi connectivity index (χ0n) is 8.67. The molecule has 0 N–H and O–H groups in total. The topological polar surface area (TPSA) is 35.5 Å². The van der Waals surface area contributed by atoms with Crippen LogP contribution in [0.3, 0.4) is 0 Å². The zero-order valence-corrected chi connectivity index (χ0v) is 8.67. The van der Waals surface area contributed by atoms with Crippen molar-refractivity contribution in [1.29, 1.82) is 0 Å². The summed E-state index contributed by atoms with van der Waals surface area (Å²) >= 11 is 0. The van der Waals surface area contributed by atoms with Crippen LogP contribution < -0.4 is 0 Å². The van der Waals surface area contributed by atoms with Gasteiger partial charge in [-0.15, -0.1) is 0 Å². The molecule has 4 heteroatoms. The summed E-state index contributed by atoms with van der Waals surface area (Å²) in [6, 6.07) is 0. The molecule has 0 aliphatic heterocycles. The van der Waals surface area contributed by atoms with Gasteiger partial charge in [0.2, 0.25) is 0 Å². The third kappa shape index (κ3) is 12.2. The summed E-state index contributed by atoms with van der Waals surface area (Å²) in [6.07, 6.45) is 6.17. The second-order valence-electron chi connectivity index (χ2n) is 3.03. The molecule has 0 radical (unpaired) electrons. The normalized spacial score (nSPS) is 9.29. The van der Waals surface area contributed by atoms with Crippen molar-refractivity contribution >= 4 is 29.0 Å². The Morgan fingerprint density at radius 3 is 2.29 bits per heavy atom. The number of unbranched alkanes of at least 4 members (excludes halogenated alkanes) is 4. The van der Waals surface area contributed by atoms with Gasteiger partial charge >= 0.3 is 29.0 Å². The summed E-state index contributed by atoms with van der Waals surface area (Å²) in [5.41, 5.74) is 0. The lowest BCUT2D eigenvalue weighted by Crippen LogP contribution is -2.04. The highest BCUT2D eigenvalue weighted by atomic mass is 24.3. The van der Waals surface area contributed by atoms with Gasteiger partial charge in [-0.25, -0.2) is 4.79 Å². The molecule has 0 amide bonds. The van der Waals surface area contributed by atoms with E-state index in [0.29, 0.717) is 13.0 Å². The maximum Gasteiger partial charge on any atom is 0.342 e. The average molecular weight is 215 g/mol. The first-order valence-electron chi connectivity index (χ1n) is 5.13. The van der Waals surface area contributed by atoms with E-state index < -0.39 is 0 Å². The quantitative estimate of drug-likeness (QED) is 0.268. The lowest BCUT2D eigenvalue weighted by Gasteiger charge is -2.00. The molecule has 0 atom stereocenters. The minimum Gasteiger partial charge on any atom is -0.298 e. The highest BCUT2D eigenvalue weighted by molar-refractivity contribution is 5.75. The molecule has 0 rings (SSSR count). The third-order valence-corrected chi connectivity index (χ3v) is 1.75. The van der Waals surface area contributed by atoms with E-state index in [1.807, 2.05) is 0 Å². The molecule has 3 nitrogen and oxygen atoms in total. The largest absolute Gasteiger partial charge is 0.342 e. The summed E-state index contributed by atoms with van der Waals surface area (Å²) in [7, 11) is 0. The molecule has 0 saturated heterocycles. The van der Waals surface area contributed by atoms with Gasteiger partial charge in [-0.05, 0) is 13.3 Å². The molecule has 0 aliphatic rings. The van der Waals surface area contributed by atoms with Crippen LogP contribution in [0, 0.1) is 0 Å². The molecule has 0 fully saturated rings. The summed E-state index contributed by atoms with van der Waals surface area (Å²) in [4.78, 5) is 19.9. The van der Waals surface area contributed by atoms with Crippen LogP contribution in [0.1, 0.15) is 52.4 Å². The van der Waals surface area contributed by atoms with Crippen LogP contribution in [0.25, 0.3) is 0 Å². The third-order valence-electron chi connectivity index (χ3n) is 1.75. The first kappa shape index (κ1) is 16.6. The van der Waals surface area contributed by atoms with Crippen molar-refractivity contribution in [2.75, 3.05) is 6.61 Å². The predicted molar refractivity (Wildman–Crippen MR) is 59.6 cm³/mol. The van der Waals surface area contributed by atoms with E-state index in [-0.39, 0.29) is 29.0 Å². The Morgan fingerprint density at radius 2 is 1.71 bits per heavy atom. The molecular formula is C10H22MgO3. The Balaban J connectivity index is 0. The fraction of sp³-hybridized carbons (Fsp3) is 0.900. The van der Waals surface area contributed by atoms with Gasteiger partial charge in [0.05, 0.1) is 6.61 Å². The lowest BCUT2D eigenvalue weighted by atomic mass is 10.1. The molecule has 0 bridgehead atoms. The number of hydrogen-bond acceptors (Lipinski definition) is 3. The summed E-state index contributed by atoms with van der Waals surface area (Å²) in [5.74, 6) is -0.252. The summed E-state index contributed by atoms with van der Waals surface area (Å²) < 4.78 is 0. The Labute approximate surface area is 103 Å². The first-order chi connectivity index (χ1) is 6.31. The molecule has 0 saturated carbocycles. The smallest absolute Gasteiger partial charge is 0.298 e. The van der Waals surface area contributed by atoms with Gasteiger partial charge in [0.15, 0.2) is 0 Å². The van der Waals surface area contributed by atoms with Crippen LogP contribution in [0.2, 0.25) is 0 Å². The Hall–Kier alpha value is 0.196. The van der Waals surface area contributed by atoms with Crippen LogP contribution in [-0.4, -0.2) is 35.6 Å². The maximum absolute atomic E-state index is 10.9. The minimum atomic E-state index is -0.252. The predicted octanol–water partition coefficient (Wildman–Crippen LogP) is 1.93. The van der Waals surface area contributed by atoms with E-state index in [1.165, 1.54) is 19.3 Å². The van der Waals surface area contributed by atoms with E-state index in [1.54, 1.807) is 6.92 Å². The van der Waals surface area contributed by atoms with Crippen molar-refractivity contribution in [3.8, 4) is 0 Å². The van der Waals surface area contributed by atoms with Crippen molar-refractivity contribution in [3.05, 3.63) is 0 Å². The number of carbonyl (C=O) groups excluding carboxylic acids is 1. The molecule has 0 spiro atoms. The van der Waals surface area contributed by atoms with Crippen LogP contribution in [-0.2, 0) is 14.6 Å². The molecule has 0 aromatic rings. The van der Waals surface area contributed by atoms with Gasteiger partial charge in [-0.1, -0.05) is 32.6 Å². The van der Waals surface area contributed by atoms with Gasteiger partial charge in [0, 0.05) is 6.42 Å². The molecule has 0 aromatic carbocycles. The fourth-order valence-electron chi connectivity index (χ4n) is 1.04. The van der Waals surface area contributed by atoms with Crippen molar-refractivity contribution in [3.63, 3.8) is 0 Å². The number of rotatable bonds is 8. The fourth-order valence-corrected chi connectivity index (χ4v) is 1.04. The molecule has 0 aromatic heterocycles. The van der Waals surface area contributed by atoms with Crippen molar-refractivity contribution in [2.24, 2.45) is 0 Å². The molecule has 0 heterocycles. The second-order valence-corrected chi connectivity index (χ2v) is 3.03. The van der Waals surface area contributed by atoms with Gasteiger partial charge in [0.25, 0.3) is 0 Å². The van der Waals surface area contributed by atoms with Crippen LogP contribution in [0.5, 0.6) is 0 Å². The SMILES string of the molecule is CCCCCCCC(=O)OOCC.[MgH2]. The molecule has 0 aliphatic carbocycles. The van der Waals surface area contributed by atoms with Crippen molar-refractivity contribution in [2.45, 2.75) is 52.4 Å². The van der Waals surface area contributed by atoms with Gasteiger partial charge in [-0.3, -0.25) is 4.89 Å². The zero-order chi connectivity index (χ0) is 9.94. The number of carbonyl (C=O) groups is 1. The van der Waals surface area contributed by atoms with E-state index in [4.69, 9.17) is 0 Å². The average Bonchev–Trinajstić information content (AvgIpc) is 2.14. The highest BCUT2D eigenvalue weighted by Gasteiger charge is 2.02. The lowest BCUT2D eigenvalue weighted by molar-refractivity contribution is -0.269. The standard InChI is InChI=1S/C10H20O3.Mg.2H/c1-3-5-6-7-8-9-10(11)13-12-4-2;;;/h3-9H2,1-2H3;;;. The molecular weight excluding hydrogens is 192 g/mol. The Morgan fingerprint density at radius 1 is 1.07 bits per heavy atom. The minimum absolute atomic E-state index is 0. The van der Waals surface area contributed by atoms with E-state index in [2.05, 4.69) is 16.7 Å². The molecule has 14 heavy (non-hydrogen) atoms. The number of hydrogen-bond donors (Lipinski definition) is 0. The van der Waals surface area contributed by atoms with Crippen LogP contribution in [0.15, 0.2) is 0 Å². The van der Waals surface area contributed by atoms with Gasteiger partial charge in [0.1, 0.15) is 0 Å². The van der Waals surface area contributed by atoms with E-state index >= 15 is 0 Å².